The maximum atomic E-state index is 13.6. The van der Waals surface area contributed by atoms with Gasteiger partial charge in [-0.2, -0.15) is 30.2 Å². The number of amides is 8. The molecule has 0 saturated carbocycles. The fourth-order valence-electron chi connectivity index (χ4n) is 12.1. The summed E-state index contributed by atoms with van der Waals surface area (Å²) in [6.45, 7) is 5.68. The van der Waals surface area contributed by atoms with Crippen LogP contribution in [-0.4, -0.2) is 132 Å². The number of anilines is 2. The van der Waals surface area contributed by atoms with E-state index in [4.69, 9.17) is 37.3 Å². The van der Waals surface area contributed by atoms with Gasteiger partial charge in [-0.15, -0.1) is 15.3 Å². The lowest BCUT2D eigenvalue weighted by Crippen LogP contribution is -2.26. The lowest BCUT2D eigenvalue weighted by atomic mass is 10.1. The molecule has 8 aromatic heterocycles. The van der Waals surface area contributed by atoms with Crippen LogP contribution in [0.15, 0.2) is 389 Å². The predicted molar refractivity (Wildman–Crippen MR) is 527 cm³/mol. The molecule has 0 bridgehead atoms. The molecule has 8 amide bonds. The number of hydrogen-bond donors (Lipinski definition) is 10. The first-order valence-electron chi connectivity index (χ1n) is 42.3. The van der Waals surface area contributed by atoms with Gasteiger partial charge in [0.05, 0.1) is 97.2 Å². The number of methoxy groups -OCH3 is 1. The number of halogens is 2. The molecule has 0 spiro atoms. The number of nitrogens with one attached hydrogen (secondary N) is 8. The van der Waals surface area contributed by atoms with E-state index in [1.54, 1.807) is 194 Å². The number of nitro benzene ring substituents is 1. The maximum absolute atomic E-state index is 13.6. The highest BCUT2D eigenvalue weighted by molar-refractivity contribution is 9.10. The summed E-state index contributed by atoms with van der Waals surface area (Å²) < 4.78 is 56.2. The molecule has 9 aromatic carbocycles. The van der Waals surface area contributed by atoms with Crippen molar-refractivity contribution in [3.63, 3.8) is 0 Å². The Bertz CT molecular complexity index is 7380. The van der Waals surface area contributed by atoms with Crippen molar-refractivity contribution in [2.45, 2.75) is 26.9 Å². The van der Waals surface area contributed by atoms with Gasteiger partial charge in [0.2, 0.25) is 17.5 Å². The zero-order valence-electron chi connectivity index (χ0n) is 75.5. The van der Waals surface area contributed by atoms with Gasteiger partial charge < -0.3 is 58.0 Å². The molecule has 8 heterocycles. The number of aryl methyl sites for hydroxylation is 1. The molecule has 43 heteroatoms. The third-order valence-electron chi connectivity index (χ3n) is 18.7. The minimum absolute atomic E-state index is 0.0138. The molecule has 0 saturated heterocycles. The lowest BCUT2D eigenvalue weighted by Gasteiger charge is -2.13. The zero-order chi connectivity index (χ0) is 101. The number of nitrogens with two attached hydrogens (primary N) is 1. The second-order valence-corrected chi connectivity index (χ2v) is 30.0. The molecule has 143 heavy (non-hydrogen) atoms. The highest BCUT2D eigenvalue weighted by atomic mass is 79.9. The summed E-state index contributed by atoms with van der Waals surface area (Å²) >= 11 is 3.34. The normalized spacial score (nSPS) is 11.0. The second-order valence-electron chi connectivity index (χ2n) is 29.1. The largest absolute Gasteiger partial charge is 0.496 e. The van der Waals surface area contributed by atoms with Crippen molar-refractivity contribution >= 4 is 134 Å². The summed E-state index contributed by atoms with van der Waals surface area (Å²) in [6, 6.07) is 79.1. The standard InChI is InChI=1S/C24H17FN4O3.C20H17N3O3.C16H12N8O3.C15H15BrN2O3.C13H12N2O3.C12H9N3O4/c25-17-11-12-19-18(14-17)21(24(32)26-19)28-29-23(31)20(13-15-7-3-1-4-8-15)27-22(30)16-9-5-2-6-10-16;1-14-5-2-3-7-18(14)20(25)22-16-10-8-15(9-11-16)19(24)23-21-13-17-6-4-12-26-17;17-14-15(22-27-21-14)24-13(10-5-2-1-3-6-10)12(19-23-24)16(25)20-18-9-11-7-4-8-26-11;1-10(2)21-14-6-5-11(16)8-13(14)15(19)18-17-9-12-4-3-7-20-12;1-17-12-7-3-2-6-11(12)13(16)15-14-9-10-5-4-8-18-10;16-12(11-5-2-6-19-11)14-13-8-9-3-1-4-10(7-9)15(17)18/h1-14,26,32H,(H,27,30);2-13H,1H3,(H,22,25)(H,23,24);1-9H,(H2,17,21)(H,20,25);3-10H,1-2H3,(H,18,19);2-9H,1H3,(H,15,16);1-8H,(H,14,16)/b20-13-,29-28?;21-13+;18-9+;17-9+;14-9+;13-8+. The summed E-state index contributed by atoms with van der Waals surface area (Å²) in [4.78, 5) is 110. The van der Waals surface area contributed by atoms with Gasteiger partial charge in [-0.1, -0.05) is 142 Å². The first kappa shape index (κ1) is 102. The van der Waals surface area contributed by atoms with Crippen LogP contribution in [0.25, 0.3) is 34.1 Å². The van der Waals surface area contributed by atoms with Crippen LogP contribution in [0.5, 0.6) is 17.4 Å². The Kier molecular flexibility index (Phi) is 37.1. The van der Waals surface area contributed by atoms with Crippen molar-refractivity contribution in [3.8, 4) is 34.5 Å². The number of hydrogen-bond acceptors (Lipinski definition) is 30. The smallest absolute Gasteiger partial charge is 0.311 e. The Morgan fingerprint density at radius 3 is 1.64 bits per heavy atom. The number of nitrogen functional groups attached to an aromatic ring is 1. The zero-order valence-corrected chi connectivity index (χ0v) is 77.1. The number of hydrazone groups is 5. The van der Waals surface area contributed by atoms with Gasteiger partial charge in [0.15, 0.2) is 17.1 Å². The SMILES string of the molecule is CC(C)Oc1ccc(Br)cc1C(=O)N/N=C/c1ccco1.COc1ccccc1C(=O)N/N=C/c1ccco1.Cc1ccccc1C(=O)Nc1ccc(C(=O)N/N=C/c2ccco2)cc1.Nc1nonc1-n1nnc(C(=O)N/N=C/c2ccco2)c1-c1ccccc1.O=C(N/N=C/c1cccc([N+](=O)[O-])c1)c1ccco1.O=C(N=Nc1c(O)[nH]c2ccc(F)cc12)/C(=C/c1ccccc1)NC(=O)c1ccccc1. The summed E-state index contributed by atoms with van der Waals surface area (Å²) in [5.41, 5.74) is 23.8. The number of benzene rings is 9. The van der Waals surface area contributed by atoms with E-state index in [0.29, 0.717) is 95.9 Å². The topological polar surface area (TPSA) is 566 Å². The number of para-hydroxylation sites is 1. The number of carbonyl (C=O) groups excluding carboxylic acids is 8. The number of nitro groups is 1. The molecule has 41 nitrogen and oxygen atoms in total. The Morgan fingerprint density at radius 1 is 0.531 bits per heavy atom. The highest BCUT2D eigenvalue weighted by Gasteiger charge is 2.26. The molecule has 0 atom stereocenters. The number of non-ortho nitro benzene ring substituents is 1. The Morgan fingerprint density at radius 2 is 1.07 bits per heavy atom. The summed E-state index contributed by atoms with van der Waals surface area (Å²) in [6.07, 6.45) is 15.8. The third-order valence-corrected chi connectivity index (χ3v) is 19.2. The number of rotatable bonds is 28. The number of aromatic amines is 1. The van der Waals surface area contributed by atoms with Crippen LogP contribution in [0.4, 0.5) is 27.3 Å². The van der Waals surface area contributed by atoms with Crippen LogP contribution < -0.4 is 53.0 Å². The molecule has 17 rings (SSSR count). The van der Waals surface area contributed by atoms with Crippen molar-refractivity contribution in [2.75, 3.05) is 18.2 Å². The highest BCUT2D eigenvalue weighted by Crippen LogP contribution is 2.36. The van der Waals surface area contributed by atoms with Gasteiger partial charge in [0.1, 0.15) is 51.7 Å². The number of carbonyl (C=O) groups is 8. The molecular formula is C100H82BrFN22O19. The van der Waals surface area contributed by atoms with Crippen molar-refractivity contribution in [2.24, 2.45) is 35.7 Å². The maximum Gasteiger partial charge on any atom is 0.311 e. The minimum atomic E-state index is -0.844. The van der Waals surface area contributed by atoms with E-state index < -0.39 is 34.4 Å². The molecule has 0 unspecified atom stereocenters. The number of azo groups is 1. The predicted octanol–water partition coefficient (Wildman–Crippen LogP) is 17.6. The van der Waals surface area contributed by atoms with E-state index in [0.717, 1.165) is 10.0 Å². The third kappa shape index (κ3) is 30.7. The number of aromatic hydroxyl groups is 1. The molecule has 0 aliphatic heterocycles. The van der Waals surface area contributed by atoms with Gasteiger partial charge in [-0.25, -0.2) is 36.1 Å². The van der Waals surface area contributed by atoms with Crippen molar-refractivity contribution in [3.05, 3.63) is 422 Å². The molecule has 17 aromatic rings. The molecule has 0 aliphatic carbocycles. The quantitative estimate of drug-likeness (QED) is 0.00716. The number of furan rings is 5. The van der Waals surface area contributed by atoms with Crippen LogP contribution in [0, 0.1) is 22.9 Å². The van der Waals surface area contributed by atoms with E-state index in [1.165, 1.54) is 123 Å². The number of aromatic nitrogens is 6. The summed E-state index contributed by atoms with van der Waals surface area (Å²) in [7, 11) is 1.51. The van der Waals surface area contributed by atoms with E-state index in [2.05, 4.69) is 120 Å². The fraction of sp³-hybridized carbons (Fsp3) is 0.0500. The van der Waals surface area contributed by atoms with Crippen molar-refractivity contribution in [1.29, 1.82) is 0 Å². The average molecular weight is 1990 g/mol. The van der Waals surface area contributed by atoms with Crippen molar-refractivity contribution in [1.82, 2.24) is 62.7 Å². The molecule has 0 aliphatic rings. The second kappa shape index (κ2) is 52.1. The van der Waals surface area contributed by atoms with Gasteiger partial charge >= 0.3 is 11.8 Å². The van der Waals surface area contributed by atoms with Gasteiger partial charge in [-0.05, 0) is 200 Å². The monoisotopic (exact) mass is 1990 g/mol. The van der Waals surface area contributed by atoms with Crippen molar-refractivity contribution < 1.29 is 89.0 Å². The number of fused-ring (bicyclic) bond motifs is 1. The molecular weight excluding hydrogens is 1910 g/mol. The fourth-order valence-corrected chi connectivity index (χ4v) is 12.4. The number of ether oxygens (including phenoxy) is 2. The molecule has 0 radical (unpaired) electrons. The number of H-pyrrole nitrogens is 1. The summed E-state index contributed by atoms with van der Waals surface area (Å²) in [5.74, 6) is -1.08. The molecule has 0 fully saturated rings. The first-order chi connectivity index (χ1) is 69.4. The lowest BCUT2D eigenvalue weighted by molar-refractivity contribution is -0.384. The Labute approximate surface area is 818 Å². The van der Waals surface area contributed by atoms with Crippen LogP contribution in [0.3, 0.4) is 0 Å². The number of nitrogens with zero attached hydrogens (tertiary/aromatic N) is 13. The van der Waals surface area contributed by atoms with Gasteiger partial charge in [0.25, 0.3) is 41.1 Å². The summed E-state index contributed by atoms with van der Waals surface area (Å²) in [5, 5.41) is 67.9. The van der Waals surface area contributed by atoms with Crippen LogP contribution in [0.2, 0.25) is 0 Å². The van der Waals surface area contributed by atoms with E-state index in [9.17, 15) is 58.0 Å². The Balaban J connectivity index is 0.000000155. The molecule has 11 N–H and O–H groups in total. The van der Waals surface area contributed by atoms with E-state index in [1.807, 2.05) is 69.3 Å². The van der Waals surface area contributed by atoms with Crippen LogP contribution in [0.1, 0.15) is 126 Å². The van der Waals surface area contributed by atoms with E-state index in [-0.39, 0.29) is 81.2 Å². The molecule has 720 valence electrons. The Hall–Kier alpha value is -20.1. The van der Waals surface area contributed by atoms with Gasteiger partial charge in [0, 0.05) is 55.5 Å². The van der Waals surface area contributed by atoms with E-state index >= 15 is 0 Å². The first-order valence-corrected chi connectivity index (χ1v) is 43.1. The minimum Gasteiger partial charge on any atom is -0.496 e. The van der Waals surface area contributed by atoms with Gasteiger partial charge in [-0.3, -0.25) is 48.5 Å². The van der Waals surface area contributed by atoms with Crippen LogP contribution >= 0.6 is 15.9 Å². The average Bonchev–Trinajstić information content (AvgIpc) is 1.63. The van der Waals surface area contributed by atoms with Crippen LogP contribution in [-0.2, 0) is 4.79 Å².